The van der Waals surface area contributed by atoms with Crippen LogP contribution in [0.3, 0.4) is 0 Å². The van der Waals surface area contributed by atoms with Crippen molar-refractivity contribution in [2.75, 3.05) is 98.5 Å². The molecule has 3 aliphatic heterocycles. The zero-order valence-corrected chi connectivity index (χ0v) is 55.9. The summed E-state index contributed by atoms with van der Waals surface area (Å²) in [5.41, 5.74) is 11.7. The van der Waals surface area contributed by atoms with Crippen LogP contribution in [0.15, 0.2) is 107 Å². The lowest BCUT2D eigenvalue weighted by Gasteiger charge is -2.30. The van der Waals surface area contributed by atoms with Crippen LogP contribution in [0, 0.1) is 26.2 Å². The molecule has 0 aliphatic carbocycles. The van der Waals surface area contributed by atoms with Crippen LogP contribution >= 0.6 is 11.3 Å². The van der Waals surface area contributed by atoms with Crippen molar-refractivity contribution in [1.29, 1.82) is 0 Å². The molecule has 3 aromatic rings. The first-order valence-electron chi connectivity index (χ1n) is 30.8. The number of likely N-dealkylation sites (N-methyl/N-ethyl adjacent to an activating group) is 1. The molecule has 0 radical (unpaired) electrons. The van der Waals surface area contributed by atoms with Crippen molar-refractivity contribution < 1.29 is 43.2 Å². The van der Waals surface area contributed by atoms with E-state index in [0.29, 0.717) is 58.7 Å². The van der Waals surface area contributed by atoms with Gasteiger partial charge in [-0.2, -0.15) is 0 Å². The van der Waals surface area contributed by atoms with Crippen LogP contribution < -0.4 is 4.90 Å². The van der Waals surface area contributed by atoms with Gasteiger partial charge in [-0.1, -0.05) is 102 Å². The molecule has 2 aromatic carbocycles. The SMILES string of the molecule is C=C/C(CC(=O)CCOC(=O)C(C)(C)C)=C1/C=C(c2ccc(CCCOCCOCCOCCCC(C)=O)cc2CO)C=CN1C.C=C1CN=C(c2ccc(C)cc2)c2c(sc(C)c2C)N1C(C)=NC.CC.CC.CCCN1CCC(OC)CC1. The van der Waals surface area contributed by atoms with E-state index in [1.165, 1.54) is 65.5 Å². The van der Waals surface area contributed by atoms with E-state index in [1.54, 1.807) is 45.1 Å². The molecule has 472 valence electrons. The predicted octanol–water partition coefficient (Wildman–Crippen LogP) is 14.2. The summed E-state index contributed by atoms with van der Waals surface area (Å²) >= 11 is 1.79. The van der Waals surface area contributed by atoms with Gasteiger partial charge in [-0.05, 0) is 146 Å². The third-order valence-corrected chi connectivity index (χ3v) is 15.4. The Kier molecular flexibility index (Phi) is 36.8. The van der Waals surface area contributed by atoms with E-state index in [1.807, 2.05) is 91.2 Å². The van der Waals surface area contributed by atoms with Gasteiger partial charge in [-0.15, -0.1) is 11.3 Å². The molecule has 1 fully saturated rings. The van der Waals surface area contributed by atoms with E-state index < -0.39 is 5.41 Å². The number of aliphatic imine (C=N–C) groups is 2. The summed E-state index contributed by atoms with van der Waals surface area (Å²) in [7, 11) is 5.56. The van der Waals surface area contributed by atoms with Crippen LogP contribution in [0.4, 0.5) is 5.00 Å². The monoisotopic (exact) mass is 1190 g/mol. The molecule has 0 unspecified atom stereocenters. The van der Waals surface area contributed by atoms with Crippen LogP contribution in [-0.4, -0.2) is 144 Å². The summed E-state index contributed by atoms with van der Waals surface area (Å²) in [5.74, 6) is 0.758. The molecule has 15 heteroatoms. The number of aliphatic hydroxyl groups excluding tert-OH is 1. The lowest BCUT2D eigenvalue weighted by Crippen LogP contribution is -2.36. The summed E-state index contributed by atoms with van der Waals surface area (Å²) in [6.45, 7) is 41.3. The first kappa shape index (κ1) is 75.4. The number of ketones is 2. The fourth-order valence-corrected chi connectivity index (χ4v) is 10.5. The lowest BCUT2D eigenvalue weighted by molar-refractivity contribution is -0.153. The molecule has 0 atom stereocenters. The highest BCUT2D eigenvalue weighted by Crippen LogP contribution is 2.41. The second kappa shape index (κ2) is 41.4. The minimum absolute atomic E-state index is 0.0397. The fourth-order valence-electron chi connectivity index (χ4n) is 9.27. The second-order valence-electron chi connectivity index (χ2n) is 21.8. The molecule has 6 rings (SSSR count). The number of rotatable bonds is 26. The van der Waals surface area contributed by atoms with E-state index >= 15 is 0 Å². The van der Waals surface area contributed by atoms with E-state index in [4.69, 9.17) is 28.7 Å². The Bertz CT molecular complexity index is 2690. The molecule has 14 nitrogen and oxygen atoms in total. The molecule has 0 saturated carbocycles. The zero-order chi connectivity index (χ0) is 63.5. The van der Waals surface area contributed by atoms with Gasteiger partial charge in [0.2, 0.25) is 0 Å². The molecule has 1 N–H and O–H groups in total. The second-order valence-corrected chi connectivity index (χ2v) is 23.0. The maximum absolute atomic E-state index is 12.7. The smallest absolute Gasteiger partial charge is 0.311 e. The van der Waals surface area contributed by atoms with Gasteiger partial charge >= 0.3 is 5.97 Å². The molecule has 3 aliphatic rings. The minimum Gasteiger partial charge on any atom is -0.465 e. The fraction of sp³-hybridized carbons (Fsp3) is 0.557. The summed E-state index contributed by atoms with van der Waals surface area (Å²) < 4.78 is 27.2. The molecular formula is C70H107N5O9S. The van der Waals surface area contributed by atoms with E-state index in [0.717, 1.165) is 75.6 Å². The standard InChI is InChI=1S/C37H53NO8.C20H23N3S.C9H19NO.2C2H6/c1-7-30(25-33(41)15-19-46-36(42)37(3,4)5)35-26-31(14-16-38(35)6)34-13-12-29(24-32(34)27-39)11-9-18-44-21-23-45-22-20-43-17-8-10-28(2)40;1-12-7-9-17(10-8-12)19-18-14(3)15(4)24-20(18)23(16(5)21-6)13(2)11-22-19;1-3-6-10-7-4-9(11-2)5-8-10;2*1-2/h7,12-14,16,24,26,39H,1,8-11,15,17-23,25,27H2,2-6H3;7-10H,2,11H2,1,3-6H3;9H,3-8H2,1-2H3;2*1-2H3/b35-30+;;;;. The number of anilines is 1. The number of methoxy groups -OCH3 is 1. The number of benzene rings is 2. The third-order valence-electron chi connectivity index (χ3n) is 14.2. The zero-order valence-electron chi connectivity index (χ0n) is 55.0. The third kappa shape index (κ3) is 26.1. The molecule has 1 saturated heterocycles. The highest BCUT2D eigenvalue weighted by molar-refractivity contribution is 7.17. The highest BCUT2D eigenvalue weighted by Gasteiger charge is 2.29. The van der Waals surface area contributed by atoms with Crippen molar-refractivity contribution in [3.05, 3.63) is 141 Å². The van der Waals surface area contributed by atoms with Gasteiger partial charge in [-0.25, -0.2) is 0 Å². The molecule has 1 aromatic heterocycles. The number of likely N-dealkylation sites (tertiary alicyclic amines) is 1. The van der Waals surface area contributed by atoms with Gasteiger partial charge in [0, 0.05) is 100 Å². The first-order valence-corrected chi connectivity index (χ1v) is 31.6. The highest BCUT2D eigenvalue weighted by atomic mass is 32.1. The van der Waals surface area contributed by atoms with E-state index in [2.05, 4.69) is 86.0 Å². The van der Waals surface area contributed by atoms with Crippen LogP contribution in [0.25, 0.3) is 5.57 Å². The summed E-state index contributed by atoms with van der Waals surface area (Å²) in [5, 5.41) is 11.4. The van der Waals surface area contributed by atoms with Crippen LogP contribution in [0.2, 0.25) is 0 Å². The van der Waals surface area contributed by atoms with Crippen molar-refractivity contribution >= 4 is 51.0 Å². The van der Waals surface area contributed by atoms with Gasteiger partial charge in [0.15, 0.2) is 0 Å². The number of Topliss-reactive ketones (excluding diaryl/α,β-unsaturated/α-hetero) is 2. The Morgan fingerprint density at radius 3 is 2.07 bits per heavy atom. The minimum atomic E-state index is -0.609. The number of fused-ring (bicyclic) bond motifs is 1. The Labute approximate surface area is 516 Å². The van der Waals surface area contributed by atoms with Gasteiger partial charge in [-0.3, -0.25) is 24.5 Å². The van der Waals surface area contributed by atoms with Crippen LogP contribution in [0.5, 0.6) is 0 Å². The maximum Gasteiger partial charge on any atom is 0.311 e. The maximum atomic E-state index is 12.7. The van der Waals surface area contributed by atoms with Crippen molar-refractivity contribution in [1.82, 2.24) is 9.80 Å². The number of esters is 1. The average Bonchev–Trinajstić information content (AvgIpc) is 2.00. The van der Waals surface area contributed by atoms with Crippen LogP contribution in [-0.2, 0) is 51.1 Å². The number of hydrogen-bond donors (Lipinski definition) is 1. The number of hydrogen-bond acceptors (Lipinski definition) is 14. The Balaban J connectivity index is 0.000000517. The number of piperidine rings is 1. The quantitative estimate of drug-likeness (QED) is 0.0352. The number of nitrogens with zero attached hydrogens (tertiary/aromatic N) is 5. The Morgan fingerprint density at radius 1 is 0.882 bits per heavy atom. The molecule has 85 heavy (non-hydrogen) atoms. The Morgan fingerprint density at radius 2 is 1.51 bits per heavy atom. The van der Waals surface area contributed by atoms with Crippen LogP contribution in [0.1, 0.15) is 164 Å². The number of aryl methyl sites for hydroxylation is 3. The summed E-state index contributed by atoms with van der Waals surface area (Å²) in [6.07, 6.45) is 15.1. The number of amidine groups is 1. The van der Waals surface area contributed by atoms with Crippen molar-refractivity contribution in [3.8, 4) is 0 Å². The van der Waals surface area contributed by atoms with E-state index in [9.17, 15) is 19.5 Å². The lowest BCUT2D eigenvalue weighted by atomic mass is 9.93. The average molecular weight is 1190 g/mol. The number of aliphatic hydroxyl groups is 1. The molecular weight excluding hydrogens is 1090 g/mol. The van der Waals surface area contributed by atoms with Crippen molar-refractivity contribution in [2.24, 2.45) is 15.4 Å². The molecule has 0 bridgehead atoms. The van der Waals surface area contributed by atoms with Crippen molar-refractivity contribution in [3.63, 3.8) is 0 Å². The number of allylic oxidation sites excluding steroid dienone is 5. The summed E-state index contributed by atoms with van der Waals surface area (Å²) in [4.78, 5) is 52.9. The summed E-state index contributed by atoms with van der Waals surface area (Å²) in [6, 6.07) is 14.7. The van der Waals surface area contributed by atoms with E-state index in [-0.39, 0.29) is 43.6 Å². The normalized spacial score (nSPS) is 15.0. The molecule has 0 amide bonds. The number of carbonyl (C=O) groups excluding carboxylic acids is 3. The Hall–Kier alpha value is -5.65. The van der Waals surface area contributed by atoms with Gasteiger partial charge < -0.3 is 43.4 Å². The van der Waals surface area contributed by atoms with Gasteiger partial charge in [0.1, 0.15) is 22.4 Å². The number of carbonyl (C=O) groups is 3. The number of thiophene rings is 1. The number of ether oxygens (including phenoxy) is 5. The molecule has 0 spiro atoms. The van der Waals surface area contributed by atoms with Gasteiger partial charge in [0.05, 0.1) is 63.4 Å². The van der Waals surface area contributed by atoms with Gasteiger partial charge in [0.25, 0.3) is 0 Å². The topological polar surface area (TPSA) is 152 Å². The van der Waals surface area contributed by atoms with Crippen molar-refractivity contribution in [2.45, 2.75) is 161 Å². The first-order chi connectivity index (χ1) is 40.8. The largest absolute Gasteiger partial charge is 0.465 e. The molecule has 4 heterocycles. The predicted molar refractivity (Wildman–Crippen MR) is 355 cm³/mol.